The van der Waals surface area contributed by atoms with Crippen molar-refractivity contribution in [2.75, 3.05) is 13.1 Å². The van der Waals surface area contributed by atoms with Crippen LogP contribution in [0.1, 0.15) is 16.1 Å². The summed E-state index contributed by atoms with van der Waals surface area (Å²) in [6.45, 7) is 3.00. The number of aromatic nitrogens is 1. The summed E-state index contributed by atoms with van der Waals surface area (Å²) in [6, 6.07) is 22.4. The van der Waals surface area contributed by atoms with E-state index in [2.05, 4.69) is 4.98 Å². The molecular formula is C22H20N2O3. The van der Waals surface area contributed by atoms with Crippen molar-refractivity contribution < 1.29 is 14.3 Å². The van der Waals surface area contributed by atoms with Crippen molar-refractivity contribution in [2.45, 2.75) is 13.0 Å². The molecule has 1 fully saturated rings. The molecule has 5 heteroatoms. The highest BCUT2D eigenvalue weighted by Crippen LogP contribution is 2.28. The number of ether oxygens (including phenoxy) is 2. The maximum atomic E-state index is 12.9. The van der Waals surface area contributed by atoms with Crippen molar-refractivity contribution in [3.05, 3.63) is 84.1 Å². The van der Waals surface area contributed by atoms with Gasteiger partial charge in [-0.1, -0.05) is 36.4 Å². The molecule has 2 heterocycles. The maximum Gasteiger partial charge on any atom is 0.257 e. The van der Waals surface area contributed by atoms with Crippen LogP contribution in [0.2, 0.25) is 0 Å². The van der Waals surface area contributed by atoms with Gasteiger partial charge in [0.2, 0.25) is 5.88 Å². The van der Waals surface area contributed by atoms with Gasteiger partial charge in [0.05, 0.1) is 18.7 Å². The summed E-state index contributed by atoms with van der Waals surface area (Å²) < 4.78 is 11.7. The highest BCUT2D eigenvalue weighted by molar-refractivity contribution is 5.97. The molecule has 1 saturated heterocycles. The number of amides is 1. The van der Waals surface area contributed by atoms with Crippen LogP contribution in [0.3, 0.4) is 0 Å². The average Bonchev–Trinajstić information content (AvgIpc) is 2.65. The molecule has 0 saturated carbocycles. The van der Waals surface area contributed by atoms with Crippen molar-refractivity contribution in [3.8, 4) is 17.4 Å². The minimum atomic E-state index is -0.0569. The molecule has 136 valence electrons. The molecule has 2 aromatic carbocycles. The fraction of sp³-hybridized carbons (Fsp3) is 0.182. The molecule has 5 nitrogen and oxygen atoms in total. The molecule has 0 radical (unpaired) electrons. The summed E-state index contributed by atoms with van der Waals surface area (Å²) in [4.78, 5) is 19.0. The summed E-state index contributed by atoms with van der Waals surface area (Å²) in [5.41, 5.74) is 1.46. The van der Waals surface area contributed by atoms with Gasteiger partial charge in [-0.3, -0.25) is 4.79 Å². The highest BCUT2D eigenvalue weighted by atomic mass is 16.5. The Balaban J connectivity index is 1.41. The molecule has 27 heavy (non-hydrogen) atoms. The van der Waals surface area contributed by atoms with E-state index in [1.165, 1.54) is 0 Å². The number of likely N-dealkylation sites (tertiary alicyclic amines) is 1. The van der Waals surface area contributed by atoms with Crippen LogP contribution in [-0.2, 0) is 0 Å². The van der Waals surface area contributed by atoms with E-state index >= 15 is 0 Å². The SMILES string of the molecule is Cc1cccc(OC2CN(C(=O)c3ccccc3Oc3ccccc3)C2)n1. The minimum Gasteiger partial charge on any atom is -0.471 e. The molecule has 3 aromatic rings. The monoisotopic (exact) mass is 360 g/mol. The lowest BCUT2D eigenvalue weighted by atomic mass is 10.1. The first-order valence-corrected chi connectivity index (χ1v) is 8.90. The Hall–Kier alpha value is -3.34. The summed E-state index contributed by atoms with van der Waals surface area (Å²) in [7, 11) is 0. The number of aryl methyl sites for hydroxylation is 1. The first-order chi connectivity index (χ1) is 13.2. The summed E-state index contributed by atoms with van der Waals surface area (Å²) >= 11 is 0. The molecule has 0 aliphatic carbocycles. The molecular weight excluding hydrogens is 340 g/mol. The zero-order valence-corrected chi connectivity index (χ0v) is 15.0. The second-order valence-electron chi connectivity index (χ2n) is 6.48. The molecule has 1 aliphatic heterocycles. The van der Waals surface area contributed by atoms with E-state index in [1.54, 1.807) is 11.0 Å². The zero-order chi connectivity index (χ0) is 18.6. The molecule has 0 bridgehead atoms. The Bertz CT molecular complexity index is 937. The Labute approximate surface area is 158 Å². The van der Waals surface area contributed by atoms with Crippen LogP contribution in [0.25, 0.3) is 0 Å². The van der Waals surface area contributed by atoms with Crippen LogP contribution < -0.4 is 9.47 Å². The number of carbonyl (C=O) groups is 1. The third-order valence-electron chi connectivity index (χ3n) is 4.37. The lowest BCUT2D eigenvalue weighted by Gasteiger charge is -2.38. The summed E-state index contributed by atoms with van der Waals surface area (Å²) in [6.07, 6.45) is -0.0366. The Morgan fingerprint density at radius 3 is 2.48 bits per heavy atom. The van der Waals surface area contributed by atoms with E-state index in [9.17, 15) is 4.79 Å². The maximum absolute atomic E-state index is 12.9. The van der Waals surface area contributed by atoms with E-state index in [1.807, 2.05) is 73.7 Å². The van der Waals surface area contributed by atoms with Crippen molar-refractivity contribution in [1.29, 1.82) is 0 Å². The van der Waals surface area contributed by atoms with E-state index < -0.39 is 0 Å². The van der Waals surface area contributed by atoms with Gasteiger partial charge >= 0.3 is 0 Å². The Morgan fingerprint density at radius 2 is 1.70 bits per heavy atom. The van der Waals surface area contributed by atoms with Gasteiger partial charge in [-0.25, -0.2) is 4.98 Å². The quantitative estimate of drug-likeness (QED) is 0.688. The Kier molecular flexibility index (Phi) is 4.75. The molecule has 0 atom stereocenters. The smallest absolute Gasteiger partial charge is 0.257 e. The van der Waals surface area contributed by atoms with Gasteiger partial charge in [-0.05, 0) is 37.3 Å². The number of hydrogen-bond acceptors (Lipinski definition) is 4. The van der Waals surface area contributed by atoms with Crippen molar-refractivity contribution in [2.24, 2.45) is 0 Å². The number of hydrogen-bond donors (Lipinski definition) is 0. The number of pyridine rings is 1. The van der Waals surface area contributed by atoms with E-state index in [0.717, 1.165) is 5.69 Å². The average molecular weight is 360 g/mol. The van der Waals surface area contributed by atoms with Gasteiger partial charge < -0.3 is 14.4 Å². The van der Waals surface area contributed by atoms with Crippen LogP contribution >= 0.6 is 0 Å². The minimum absolute atomic E-state index is 0.0366. The highest BCUT2D eigenvalue weighted by Gasteiger charge is 2.34. The lowest BCUT2D eigenvalue weighted by Crippen LogP contribution is -2.56. The second-order valence-corrected chi connectivity index (χ2v) is 6.48. The Morgan fingerprint density at radius 1 is 0.963 bits per heavy atom. The fourth-order valence-corrected chi connectivity index (χ4v) is 2.95. The van der Waals surface area contributed by atoms with Gasteiger partial charge in [0.1, 0.15) is 17.6 Å². The fourth-order valence-electron chi connectivity index (χ4n) is 2.95. The number of nitrogens with zero attached hydrogens (tertiary/aromatic N) is 2. The number of carbonyl (C=O) groups excluding carboxylic acids is 1. The molecule has 4 rings (SSSR count). The number of para-hydroxylation sites is 2. The van der Waals surface area contributed by atoms with Crippen LogP contribution in [0.5, 0.6) is 17.4 Å². The first-order valence-electron chi connectivity index (χ1n) is 8.90. The van der Waals surface area contributed by atoms with Crippen LogP contribution in [0, 0.1) is 6.92 Å². The zero-order valence-electron chi connectivity index (χ0n) is 15.0. The molecule has 1 aromatic heterocycles. The van der Waals surface area contributed by atoms with Crippen LogP contribution in [-0.4, -0.2) is 35.0 Å². The van der Waals surface area contributed by atoms with Gasteiger partial charge in [-0.15, -0.1) is 0 Å². The molecule has 0 N–H and O–H groups in total. The third kappa shape index (κ3) is 3.92. The van der Waals surface area contributed by atoms with E-state index in [4.69, 9.17) is 9.47 Å². The topological polar surface area (TPSA) is 51.7 Å². The molecule has 1 amide bonds. The van der Waals surface area contributed by atoms with E-state index in [-0.39, 0.29) is 12.0 Å². The summed E-state index contributed by atoms with van der Waals surface area (Å²) in [5.74, 6) is 1.80. The lowest BCUT2D eigenvalue weighted by molar-refractivity contribution is 0.0158. The van der Waals surface area contributed by atoms with Crippen LogP contribution in [0.15, 0.2) is 72.8 Å². The standard InChI is InChI=1S/C22H20N2O3/c1-16-8-7-13-21(23-16)27-18-14-24(15-18)22(25)19-11-5-6-12-20(19)26-17-9-3-2-4-10-17/h2-13,18H,14-15H2,1H3. The van der Waals surface area contributed by atoms with Crippen molar-refractivity contribution in [3.63, 3.8) is 0 Å². The van der Waals surface area contributed by atoms with Crippen molar-refractivity contribution >= 4 is 5.91 Å². The van der Waals surface area contributed by atoms with Gasteiger partial charge in [0, 0.05) is 11.8 Å². The van der Waals surface area contributed by atoms with Crippen molar-refractivity contribution in [1.82, 2.24) is 9.88 Å². The van der Waals surface area contributed by atoms with Gasteiger partial charge in [0.15, 0.2) is 0 Å². The molecule has 0 spiro atoms. The van der Waals surface area contributed by atoms with Crippen LogP contribution in [0.4, 0.5) is 0 Å². The second kappa shape index (κ2) is 7.50. The molecule has 1 aliphatic rings. The normalized spacial score (nSPS) is 13.7. The summed E-state index contributed by atoms with van der Waals surface area (Å²) in [5, 5.41) is 0. The largest absolute Gasteiger partial charge is 0.471 e. The third-order valence-corrected chi connectivity index (χ3v) is 4.37. The first kappa shape index (κ1) is 17.1. The number of rotatable bonds is 5. The van der Waals surface area contributed by atoms with Gasteiger partial charge in [0.25, 0.3) is 5.91 Å². The number of benzene rings is 2. The predicted molar refractivity (Wildman–Crippen MR) is 102 cm³/mol. The predicted octanol–water partition coefficient (Wildman–Crippen LogP) is 4.09. The molecule has 0 unspecified atom stereocenters. The van der Waals surface area contributed by atoms with Gasteiger partial charge in [-0.2, -0.15) is 0 Å². The van der Waals surface area contributed by atoms with E-state index in [0.29, 0.717) is 36.0 Å².